The number of hydrogen-bond acceptors (Lipinski definition) is 3. The molecular formula is C15H22FNO3. The summed E-state index contributed by atoms with van der Waals surface area (Å²) < 4.78 is 18.1. The topological polar surface area (TPSA) is 58.6 Å². The summed E-state index contributed by atoms with van der Waals surface area (Å²) in [5, 5.41) is 11.9. The lowest BCUT2D eigenvalue weighted by Crippen LogP contribution is -2.41. The minimum absolute atomic E-state index is 0.0600. The monoisotopic (exact) mass is 283 g/mol. The molecule has 0 aliphatic carbocycles. The number of ether oxygens (including phenoxy) is 1. The van der Waals surface area contributed by atoms with E-state index in [9.17, 15) is 9.18 Å². The first-order valence-electron chi connectivity index (χ1n) is 6.81. The van der Waals surface area contributed by atoms with Crippen LogP contribution in [0.5, 0.6) is 5.75 Å². The molecule has 0 heterocycles. The number of aliphatic hydroxyl groups excluding tert-OH is 1. The first-order chi connectivity index (χ1) is 9.52. The minimum Gasteiger partial charge on any atom is -0.494 e. The van der Waals surface area contributed by atoms with Crippen LogP contribution >= 0.6 is 0 Å². The van der Waals surface area contributed by atoms with Gasteiger partial charge in [-0.3, -0.25) is 4.79 Å². The Bertz CT molecular complexity index is 406. The molecule has 2 N–H and O–H groups in total. The second-order valence-electron chi connectivity index (χ2n) is 5.01. The van der Waals surface area contributed by atoms with Gasteiger partial charge in [0, 0.05) is 6.42 Å². The Hall–Kier alpha value is -1.62. The molecule has 0 fully saturated rings. The Morgan fingerprint density at radius 2 is 2.00 bits per heavy atom. The van der Waals surface area contributed by atoms with Crippen molar-refractivity contribution in [3.63, 3.8) is 0 Å². The molecule has 1 atom stereocenters. The number of rotatable bonds is 8. The number of carbonyl (C=O) groups is 1. The third kappa shape index (κ3) is 6.02. The van der Waals surface area contributed by atoms with Crippen molar-refractivity contribution in [2.24, 2.45) is 5.92 Å². The fourth-order valence-corrected chi connectivity index (χ4v) is 1.66. The summed E-state index contributed by atoms with van der Waals surface area (Å²) in [6.45, 7) is 4.22. The lowest BCUT2D eigenvalue weighted by molar-refractivity contribution is -0.122. The molecule has 1 aromatic carbocycles. The van der Waals surface area contributed by atoms with Crippen LogP contribution in [0.15, 0.2) is 24.3 Å². The van der Waals surface area contributed by atoms with Crippen LogP contribution in [0.4, 0.5) is 4.39 Å². The molecule has 0 aliphatic heterocycles. The lowest BCUT2D eigenvalue weighted by atomic mass is 10.1. The van der Waals surface area contributed by atoms with E-state index in [4.69, 9.17) is 9.84 Å². The van der Waals surface area contributed by atoms with Crippen LogP contribution in [0, 0.1) is 11.7 Å². The fourth-order valence-electron chi connectivity index (χ4n) is 1.66. The maximum atomic E-state index is 12.7. The van der Waals surface area contributed by atoms with Gasteiger partial charge in [-0.2, -0.15) is 0 Å². The third-order valence-corrected chi connectivity index (χ3v) is 2.98. The standard InChI is InChI=1S/C15H22FNO3/c1-11(2)14(10-18)17-15(19)4-3-9-20-13-7-5-12(16)6-8-13/h5-8,11,14,18H,3-4,9-10H2,1-2H3,(H,17,19). The number of benzene rings is 1. The molecule has 1 unspecified atom stereocenters. The zero-order valence-corrected chi connectivity index (χ0v) is 11.9. The molecule has 0 saturated heterocycles. The summed E-state index contributed by atoms with van der Waals surface area (Å²) in [7, 11) is 0. The first kappa shape index (κ1) is 16.4. The Morgan fingerprint density at radius 3 is 2.55 bits per heavy atom. The van der Waals surface area contributed by atoms with Crippen molar-refractivity contribution in [1.82, 2.24) is 5.32 Å². The molecule has 5 heteroatoms. The summed E-state index contributed by atoms with van der Waals surface area (Å²) in [5.74, 6) is 0.377. The predicted octanol–water partition coefficient (Wildman–Crippen LogP) is 2.12. The SMILES string of the molecule is CC(C)C(CO)NC(=O)CCCOc1ccc(F)cc1. The Morgan fingerprint density at radius 1 is 1.35 bits per heavy atom. The summed E-state index contributed by atoms with van der Waals surface area (Å²) in [5.41, 5.74) is 0. The predicted molar refractivity (Wildman–Crippen MR) is 75.0 cm³/mol. The van der Waals surface area contributed by atoms with Gasteiger partial charge in [0.05, 0.1) is 19.3 Å². The zero-order chi connectivity index (χ0) is 15.0. The van der Waals surface area contributed by atoms with E-state index >= 15 is 0 Å². The van der Waals surface area contributed by atoms with Gasteiger partial charge >= 0.3 is 0 Å². The van der Waals surface area contributed by atoms with Gasteiger partial charge < -0.3 is 15.2 Å². The molecule has 1 aromatic rings. The largest absolute Gasteiger partial charge is 0.494 e. The molecule has 4 nitrogen and oxygen atoms in total. The van der Waals surface area contributed by atoms with E-state index in [0.717, 1.165) is 0 Å². The summed E-state index contributed by atoms with van der Waals surface area (Å²) in [6.07, 6.45) is 0.907. The number of carbonyl (C=O) groups excluding carboxylic acids is 1. The Kier molecular flexibility index (Phi) is 7.01. The highest BCUT2D eigenvalue weighted by Crippen LogP contribution is 2.11. The van der Waals surface area contributed by atoms with Gasteiger partial charge in [-0.1, -0.05) is 13.8 Å². The van der Waals surface area contributed by atoms with Gasteiger partial charge in [0.15, 0.2) is 0 Å². The van der Waals surface area contributed by atoms with Gasteiger partial charge in [-0.25, -0.2) is 4.39 Å². The molecule has 0 spiro atoms. The number of amides is 1. The first-order valence-corrected chi connectivity index (χ1v) is 6.81. The highest BCUT2D eigenvalue weighted by atomic mass is 19.1. The Labute approximate surface area is 119 Å². The molecule has 1 rings (SSSR count). The van der Waals surface area contributed by atoms with Crippen molar-refractivity contribution in [3.8, 4) is 5.75 Å². The van der Waals surface area contributed by atoms with Crippen molar-refractivity contribution < 1.29 is 19.0 Å². The van der Waals surface area contributed by atoms with Crippen LogP contribution in [0.1, 0.15) is 26.7 Å². The number of hydrogen-bond donors (Lipinski definition) is 2. The van der Waals surface area contributed by atoms with E-state index in [1.54, 1.807) is 12.1 Å². The average Bonchev–Trinajstić information content (AvgIpc) is 2.42. The van der Waals surface area contributed by atoms with Crippen molar-refractivity contribution in [3.05, 3.63) is 30.1 Å². The van der Waals surface area contributed by atoms with Crippen molar-refractivity contribution in [2.75, 3.05) is 13.2 Å². The van der Waals surface area contributed by atoms with Crippen LogP contribution in [-0.4, -0.2) is 30.3 Å². The smallest absolute Gasteiger partial charge is 0.220 e. The molecule has 1 amide bonds. The third-order valence-electron chi connectivity index (χ3n) is 2.98. The normalized spacial score (nSPS) is 12.2. The van der Waals surface area contributed by atoms with E-state index in [2.05, 4.69) is 5.32 Å². The minimum atomic E-state index is -0.305. The van der Waals surface area contributed by atoms with Gasteiger partial charge in [-0.05, 0) is 36.6 Å². The molecule has 20 heavy (non-hydrogen) atoms. The van der Waals surface area contributed by atoms with Crippen LogP contribution in [-0.2, 0) is 4.79 Å². The maximum absolute atomic E-state index is 12.7. The highest BCUT2D eigenvalue weighted by molar-refractivity contribution is 5.76. The molecule has 0 radical (unpaired) electrons. The summed E-state index contributed by atoms with van der Waals surface area (Å²) >= 11 is 0. The highest BCUT2D eigenvalue weighted by Gasteiger charge is 2.14. The Balaban J connectivity index is 2.20. The van der Waals surface area contributed by atoms with E-state index < -0.39 is 0 Å². The van der Waals surface area contributed by atoms with Crippen molar-refractivity contribution >= 4 is 5.91 Å². The molecule has 0 aliphatic rings. The van der Waals surface area contributed by atoms with Gasteiger partial charge in [0.25, 0.3) is 0 Å². The molecule has 0 saturated carbocycles. The summed E-state index contributed by atoms with van der Waals surface area (Å²) in [6, 6.07) is 5.56. The number of nitrogens with one attached hydrogen (secondary N) is 1. The van der Waals surface area contributed by atoms with Crippen LogP contribution < -0.4 is 10.1 Å². The van der Waals surface area contributed by atoms with Crippen LogP contribution in [0.3, 0.4) is 0 Å². The second kappa shape index (κ2) is 8.53. The molecule has 0 aromatic heterocycles. The fraction of sp³-hybridized carbons (Fsp3) is 0.533. The van der Waals surface area contributed by atoms with E-state index in [1.165, 1.54) is 12.1 Å². The van der Waals surface area contributed by atoms with E-state index in [-0.39, 0.29) is 30.3 Å². The molecule has 0 bridgehead atoms. The van der Waals surface area contributed by atoms with E-state index in [1.807, 2.05) is 13.8 Å². The van der Waals surface area contributed by atoms with Gasteiger partial charge in [-0.15, -0.1) is 0 Å². The lowest BCUT2D eigenvalue weighted by Gasteiger charge is -2.19. The number of aliphatic hydroxyl groups is 1. The van der Waals surface area contributed by atoms with Crippen molar-refractivity contribution in [2.45, 2.75) is 32.7 Å². The second-order valence-corrected chi connectivity index (χ2v) is 5.01. The number of halogens is 1. The maximum Gasteiger partial charge on any atom is 0.220 e. The van der Waals surface area contributed by atoms with Gasteiger partial charge in [0.2, 0.25) is 5.91 Å². The van der Waals surface area contributed by atoms with Crippen LogP contribution in [0.25, 0.3) is 0 Å². The van der Waals surface area contributed by atoms with Crippen LogP contribution in [0.2, 0.25) is 0 Å². The zero-order valence-electron chi connectivity index (χ0n) is 11.9. The molecular weight excluding hydrogens is 261 g/mol. The molecule has 112 valence electrons. The summed E-state index contributed by atoms with van der Waals surface area (Å²) in [4.78, 5) is 11.6. The van der Waals surface area contributed by atoms with E-state index in [0.29, 0.717) is 25.2 Å². The average molecular weight is 283 g/mol. The van der Waals surface area contributed by atoms with Gasteiger partial charge in [0.1, 0.15) is 11.6 Å². The quantitative estimate of drug-likeness (QED) is 0.718. The van der Waals surface area contributed by atoms with Crippen molar-refractivity contribution in [1.29, 1.82) is 0 Å².